The van der Waals surface area contributed by atoms with Gasteiger partial charge < -0.3 is 14.9 Å². The van der Waals surface area contributed by atoms with E-state index in [0.29, 0.717) is 0 Å². The Morgan fingerprint density at radius 2 is 1.95 bits per heavy atom. The fourth-order valence-electron chi connectivity index (χ4n) is 1.74. The summed E-state index contributed by atoms with van der Waals surface area (Å²) in [7, 11) is -3.88. The first-order chi connectivity index (χ1) is 8.90. The molecule has 3 atom stereocenters. The summed E-state index contributed by atoms with van der Waals surface area (Å²) in [6, 6.07) is 6.23. The summed E-state index contributed by atoms with van der Waals surface area (Å²) < 4.78 is 33.6. The Morgan fingerprint density at radius 1 is 1.32 bits per heavy atom. The molecule has 0 saturated carbocycles. The Bertz CT molecular complexity index is 524. The minimum absolute atomic E-state index is 0.0280. The molecule has 0 spiro atoms. The van der Waals surface area contributed by atoms with E-state index in [-0.39, 0.29) is 18.1 Å². The van der Waals surface area contributed by atoms with Crippen LogP contribution in [0.3, 0.4) is 0 Å². The number of hydrogen-bond donors (Lipinski definition) is 2. The van der Waals surface area contributed by atoms with E-state index in [0.717, 1.165) is 5.56 Å². The van der Waals surface area contributed by atoms with Gasteiger partial charge in [0.2, 0.25) is 0 Å². The first-order valence-corrected chi connectivity index (χ1v) is 7.25. The van der Waals surface area contributed by atoms with Gasteiger partial charge in [0.05, 0.1) is 18.1 Å². The maximum atomic E-state index is 11.9. The van der Waals surface area contributed by atoms with Crippen LogP contribution < -0.4 is 0 Å². The number of hydrogen-bond acceptors (Lipinski definition) is 6. The summed E-state index contributed by atoms with van der Waals surface area (Å²) in [4.78, 5) is 0.0473. The third-order valence-electron chi connectivity index (χ3n) is 2.95. The standard InChI is InChI=1S/C12H16O6S/c1-8-2-4-9(5-3-8)19(15,16)18-7-11-12(14)10(13)6-17-11/h2-5,10-14H,6-7H2,1H3/t10-,11+,12-/m0/s1. The van der Waals surface area contributed by atoms with Crippen LogP contribution in [0.2, 0.25) is 0 Å². The molecule has 1 aromatic rings. The lowest BCUT2D eigenvalue weighted by molar-refractivity contribution is 0.00120. The lowest BCUT2D eigenvalue weighted by atomic mass is 10.2. The molecule has 1 heterocycles. The van der Waals surface area contributed by atoms with Gasteiger partial charge >= 0.3 is 0 Å². The number of ether oxygens (including phenoxy) is 1. The summed E-state index contributed by atoms with van der Waals surface area (Å²) in [6.45, 7) is 1.50. The average Bonchev–Trinajstić information content (AvgIpc) is 2.68. The van der Waals surface area contributed by atoms with E-state index < -0.39 is 28.4 Å². The van der Waals surface area contributed by atoms with Crippen LogP contribution in [0.5, 0.6) is 0 Å². The molecule has 1 fully saturated rings. The molecule has 6 nitrogen and oxygen atoms in total. The van der Waals surface area contributed by atoms with E-state index in [9.17, 15) is 18.6 Å². The second-order valence-electron chi connectivity index (χ2n) is 4.48. The van der Waals surface area contributed by atoms with Crippen molar-refractivity contribution in [2.24, 2.45) is 0 Å². The Kier molecular flexibility index (Phi) is 4.22. The van der Waals surface area contributed by atoms with Crippen molar-refractivity contribution in [3.8, 4) is 0 Å². The molecule has 2 N–H and O–H groups in total. The van der Waals surface area contributed by atoms with E-state index in [1.54, 1.807) is 12.1 Å². The van der Waals surface area contributed by atoms with Crippen molar-refractivity contribution in [2.75, 3.05) is 13.2 Å². The molecule has 0 aliphatic carbocycles. The van der Waals surface area contributed by atoms with Crippen LogP contribution >= 0.6 is 0 Å². The monoisotopic (exact) mass is 288 g/mol. The van der Waals surface area contributed by atoms with Gasteiger partial charge in [0.1, 0.15) is 18.3 Å². The fourth-order valence-corrected chi connectivity index (χ4v) is 2.66. The molecule has 106 valence electrons. The summed E-state index contributed by atoms with van der Waals surface area (Å²) in [5.74, 6) is 0. The predicted molar refractivity (Wildman–Crippen MR) is 66.1 cm³/mol. The SMILES string of the molecule is Cc1ccc(S(=O)(=O)OC[C@H]2OC[C@H](O)[C@@H]2O)cc1. The summed E-state index contributed by atoms with van der Waals surface area (Å²) in [5.41, 5.74) is 0.941. The van der Waals surface area contributed by atoms with Gasteiger partial charge in [-0.2, -0.15) is 8.42 Å². The molecule has 1 aromatic carbocycles. The molecule has 2 rings (SSSR count). The fraction of sp³-hybridized carbons (Fsp3) is 0.500. The molecule has 1 aliphatic rings. The van der Waals surface area contributed by atoms with Crippen LogP contribution in [-0.4, -0.2) is 50.2 Å². The quantitative estimate of drug-likeness (QED) is 0.747. The largest absolute Gasteiger partial charge is 0.388 e. The van der Waals surface area contributed by atoms with E-state index >= 15 is 0 Å². The number of rotatable bonds is 4. The predicted octanol–water partition coefficient (Wildman–Crippen LogP) is -0.179. The first-order valence-electron chi connectivity index (χ1n) is 5.84. The summed E-state index contributed by atoms with van der Waals surface area (Å²) >= 11 is 0. The van der Waals surface area contributed by atoms with Crippen LogP contribution in [0.4, 0.5) is 0 Å². The Morgan fingerprint density at radius 3 is 2.47 bits per heavy atom. The first kappa shape index (κ1) is 14.4. The molecule has 0 unspecified atom stereocenters. The third-order valence-corrected chi connectivity index (χ3v) is 4.25. The van der Waals surface area contributed by atoms with E-state index in [1.165, 1.54) is 12.1 Å². The van der Waals surface area contributed by atoms with Gasteiger partial charge in [-0.3, -0.25) is 4.18 Å². The lowest BCUT2D eigenvalue weighted by Gasteiger charge is -2.14. The zero-order valence-corrected chi connectivity index (χ0v) is 11.2. The molecule has 1 saturated heterocycles. The molecule has 0 amide bonds. The van der Waals surface area contributed by atoms with Gasteiger partial charge in [-0.25, -0.2) is 0 Å². The van der Waals surface area contributed by atoms with Crippen molar-refractivity contribution in [3.63, 3.8) is 0 Å². The third kappa shape index (κ3) is 3.31. The van der Waals surface area contributed by atoms with Gasteiger partial charge in [0.25, 0.3) is 10.1 Å². The van der Waals surface area contributed by atoms with Crippen LogP contribution in [0.25, 0.3) is 0 Å². The molecule has 0 radical (unpaired) electrons. The van der Waals surface area contributed by atoms with Crippen molar-refractivity contribution in [1.29, 1.82) is 0 Å². The van der Waals surface area contributed by atoms with Gasteiger partial charge in [-0.1, -0.05) is 17.7 Å². The van der Waals surface area contributed by atoms with Crippen molar-refractivity contribution < 1.29 is 27.6 Å². The molecule has 0 bridgehead atoms. The maximum absolute atomic E-state index is 11.9. The van der Waals surface area contributed by atoms with Crippen molar-refractivity contribution >= 4 is 10.1 Å². The lowest BCUT2D eigenvalue weighted by Crippen LogP contribution is -2.33. The van der Waals surface area contributed by atoms with Gasteiger partial charge in [-0.15, -0.1) is 0 Å². The highest BCUT2D eigenvalue weighted by Gasteiger charge is 2.35. The second kappa shape index (κ2) is 5.56. The molecule has 0 aromatic heterocycles. The molecule has 19 heavy (non-hydrogen) atoms. The number of aliphatic hydroxyl groups is 2. The highest BCUT2D eigenvalue weighted by Crippen LogP contribution is 2.18. The minimum Gasteiger partial charge on any atom is -0.388 e. The number of aliphatic hydroxyl groups excluding tert-OH is 2. The Hall–Kier alpha value is -0.990. The van der Waals surface area contributed by atoms with E-state index in [2.05, 4.69) is 0 Å². The van der Waals surface area contributed by atoms with E-state index in [1.807, 2.05) is 6.92 Å². The average molecular weight is 288 g/mol. The topological polar surface area (TPSA) is 93.1 Å². The zero-order valence-electron chi connectivity index (χ0n) is 10.4. The Balaban J connectivity index is 2.00. The smallest absolute Gasteiger partial charge is 0.297 e. The summed E-state index contributed by atoms with van der Waals surface area (Å²) in [6.07, 6.45) is -2.97. The van der Waals surface area contributed by atoms with Crippen LogP contribution in [0, 0.1) is 6.92 Å². The molecule has 1 aliphatic heterocycles. The highest BCUT2D eigenvalue weighted by molar-refractivity contribution is 7.86. The van der Waals surface area contributed by atoms with E-state index in [4.69, 9.17) is 8.92 Å². The second-order valence-corrected chi connectivity index (χ2v) is 6.10. The molecular weight excluding hydrogens is 272 g/mol. The van der Waals surface area contributed by atoms with Crippen molar-refractivity contribution in [1.82, 2.24) is 0 Å². The normalized spacial score (nSPS) is 27.6. The van der Waals surface area contributed by atoms with Crippen LogP contribution in [0.1, 0.15) is 5.56 Å². The highest BCUT2D eigenvalue weighted by atomic mass is 32.2. The Labute approximate surface area is 111 Å². The van der Waals surface area contributed by atoms with Gasteiger partial charge in [0.15, 0.2) is 0 Å². The molecule has 7 heteroatoms. The van der Waals surface area contributed by atoms with Crippen LogP contribution in [-0.2, 0) is 19.0 Å². The van der Waals surface area contributed by atoms with Crippen molar-refractivity contribution in [2.45, 2.75) is 30.1 Å². The minimum atomic E-state index is -3.88. The molecular formula is C12H16O6S. The number of benzene rings is 1. The van der Waals surface area contributed by atoms with Gasteiger partial charge in [0, 0.05) is 0 Å². The van der Waals surface area contributed by atoms with Crippen molar-refractivity contribution in [3.05, 3.63) is 29.8 Å². The number of aryl methyl sites for hydroxylation is 1. The zero-order chi connectivity index (χ0) is 14.0. The van der Waals surface area contributed by atoms with Crippen LogP contribution in [0.15, 0.2) is 29.2 Å². The summed E-state index contributed by atoms with van der Waals surface area (Å²) in [5, 5.41) is 18.8. The maximum Gasteiger partial charge on any atom is 0.297 e. The van der Waals surface area contributed by atoms with Gasteiger partial charge in [-0.05, 0) is 19.1 Å².